The molecule has 1 heterocycles. The maximum absolute atomic E-state index is 14.5. The molecule has 27 heavy (non-hydrogen) atoms. The molecule has 9 heteroatoms. The smallest absolute Gasteiger partial charge is 0.423 e. The van der Waals surface area contributed by atoms with Gasteiger partial charge in [0.25, 0.3) is 0 Å². The summed E-state index contributed by atoms with van der Waals surface area (Å²) in [4.78, 5) is 4.42. The maximum Gasteiger partial charge on any atom is 0.492 e. The molecule has 1 aliphatic rings. The molecule has 0 atom stereocenters. The topological polar surface area (TPSA) is 56.2 Å². The van der Waals surface area contributed by atoms with E-state index in [4.69, 9.17) is 4.65 Å². The largest absolute Gasteiger partial charge is 0.492 e. The molecule has 0 unspecified atom stereocenters. The molecule has 2 rings (SSSR count). The number of halogens is 3. The van der Waals surface area contributed by atoms with Crippen LogP contribution in [0.15, 0.2) is 18.2 Å². The molecule has 0 aliphatic carbocycles. The fraction of sp³-hybridized carbons (Fsp3) is 0.667. The molecule has 0 saturated carbocycles. The van der Waals surface area contributed by atoms with Crippen LogP contribution in [0.2, 0.25) is 0 Å². The van der Waals surface area contributed by atoms with Gasteiger partial charge < -0.3 is 19.7 Å². The van der Waals surface area contributed by atoms with Crippen LogP contribution in [0.4, 0.5) is 4.39 Å². The van der Waals surface area contributed by atoms with Crippen molar-refractivity contribution in [2.45, 2.75) is 45.4 Å². The molecular weight excluding hydrogens is 393 g/mol. The van der Waals surface area contributed by atoms with Crippen LogP contribution >= 0.6 is 24.8 Å². The maximum atomic E-state index is 14.5. The molecule has 0 spiro atoms. The third-order valence-corrected chi connectivity index (χ3v) is 5.28. The number of nitrogens with zero attached hydrogens (tertiary/aromatic N) is 2. The van der Waals surface area contributed by atoms with Gasteiger partial charge in [-0.05, 0) is 46.3 Å². The van der Waals surface area contributed by atoms with Gasteiger partial charge in [0.15, 0.2) is 0 Å². The lowest BCUT2D eigenvalue weighted by Crippen LogP contribution is -2.54. The molecule has 1 aromatic carbocycles. The van der Waals surface area contributed by atoms with E-state index in [0.29, 0.717) is 17.6 Å². The van der Waals surface area contributed by atoms with Crippen molar-refractivity contribution in [3.8, 4) is 0 Å². The van der Waals surface area contributed by atoms with Crippen LogP contribution in [0.3, 0.4) is 0 Å². The van der Waals surface area contributed by atoms with Crippen LogP contribution in [0.25, 0.3) is 0 Å². The van der Waals surface area contributed by atoms with Crippen molar-refractivity contribution in [3.63, 3.8) is 0 Å². The van der Waals surface area contributed by atoms with Gasteiger partial charge in [0.1, 0.15) is 5.82 Å². The zero-order valence-electron chi connectivity index (χ0n) is 16.7. The van der Waals surface area contributed by atoms with E-state index in [1.165, 1.54) is 6.07 Å². The van der Waals surface area contributed by atoms with Crippen LogP contribution in [0.1, 0.15) is 33.3 Å². The van der Waals surface area contributed by atoms with Gasteiger partial charge in [-0.2, -0.15) is 0 Å². The Morgan fingerprint density at radius 1 is 1.11 bits per heavy atom. The van der Waals surface area contributed by atoms with E-state index >= 15 is 0 Å². The summed E-state index contributed by atoms with van der Waals surface area (Å²) in [7, 11) is 0.766. The van der Waals surface area contributed by atoms with Crippen LogP contribution < -0.4 is 5.46 Å². The first kappa shape index (κ1) is 26.6. The minimum Gasteiger partial charge on any atom is -0.423 e. The molecule has 0 bridgehead atoms. The van der Waals surface area contributed by atoms with Gasteiger partial charge in [-0.25, -0.2) is 4.39 Å². The third kappa shape index (κ3) is 6.85. The van der Waals surface area contributed by atoms with Gasteiger partial charge >= 0.3 is 7.12 Å². The van der Waals surface area contributed by atoms with Gasteiger partial charge in [0, 0.05) is 38.3 Å². The van der Waals surface area contributed by atoms with Crippen LogP contribution in [-0.2, 0) is 11.2 Å². The van der Waals surface area contributed by atoms with Crippen molar-refractivity contribution in [1.29, 1.82) is 0 Å². The molecule has 1 saturated heterocycles. The highest BCUT2D eigenvalue weighted by Gasteiger charge is 2.40. The summed E-state index contributed by atoms with van der Waals surface area (Å²) in [5.41, 5.74) is -1.29. The van der Waals surface area contributed by atoms with Crippen molar-refractivity contribution in [1.82, 2.24) is 9.80 Å². The number of likely N-dealkylation sites (N-methyl/N-ethyl adjacent to an activating group) is 1. The molecule has 1 aliphatic heterocycles. The second-order valence-corrected chi connectivity index (χ2v) is 7.93. The van der Waals surface area contributed by atoms with Gasteiger partial charge in [-0.3, -0.25) is 4.90 Å². The predicted molar refractivity (Wildman–Crippen MR) is 113 cm³/mol. The zero-order valence-corrected chi connectivity index (χ0v) is 18.4. The van der Waals surface area contributed by atoms with E-state index < -0.39 is 18.3 Å². The Morgan fingerprint density at radius 2 is 1.67 bits per heavy atom. The fourth-order valence-corrected chi connectivity index (χ4v) is 2.69. The normalized spacial score (nSPS) is 16.4. The summed E-state index contributed by atoms with van der Waals surface area (Å²) in [5.74, 6) is -0.347. The lowest BCUT2D eigenvalue weighted by molar-refractivity contribution is -0.0983. The number of piperazine rings is 1. The highest BCUT2D eigenvalue weighted by molar-refractivity contribution is 6.60. The lowest BCUT2D eigenvalue weighted by atomic mass is 9.74. The first-order valence-corrected chi connectivity index (χ1v) is 8.78. The Kier molecular flexibility index (Phi) is 10.2. The third-order valence-electron chi connectivity index (χ3n) is 5.28. The van der Waals surface area contributed by atoms with Gasteiger partial charge in [-0.1, -0.05) is 12.1 Å². The van der Waals surface area contributed by atoms with Crippen LogP contribution in [-0.4, -0.2) is 71.5 Å². The Morgan fingerprint density at radius 3 is 2.19 bits per heavy atom. The minimum absolute atomic E-state index is 0. The first-order valence-electron chi connectivity index (χ1n) is 8.78. The number of hydrogen-bond donors (Lipinski definition) is 2. The summed E-state index contributed by atoms with van der Waals surface area (Å²) in [5, 5.41) is 20.8. The van der Waals surface area contributed by atoms with E-state index in [1.807, 2.05) is 0 Å². The van der Waals surface area contributed by atoms with E-state index in [1.54, 1.807) is 39.8 Å². The molecule has 156 valence electrons. The standard InChI is InChI=1S/C18H30BFN2O3.2ClH/c1-17(2,23)18(3,4)25-19(24)15-7-6-8-16(20)14(15)13-22-11-9-21(5)10-12-22;;/h6-8,23-24H,9-13H2,1-5H3;2*1H. The number of benzene rings is 1. The molecular formula is C18H32BCl2FN2O3. The molecule has 0 amide bonds. The van der Waals surface area contributed by atoms with E-state index in [9.17, 15) is 14.5 Å². The summed E-state index contributed by atoms with van der Waals surface area (Å²) in [6.07, 6.45) is 0. The SMILES string of the molecule is CN1CCN(Cc2c(F)cccc2B(O)OC(C)(C)C(C)(C)O)CC1.Cl.Cl. The van der Waals surface area contributed by atoms with Crippen LogP contribution in [0.5, 0.6) is 0 Å². The highest BCUT2D eigenvalue weighted by Crippen LogP contribution is 2.25. The summed E-state index contributed by atoms with van der Waals surface area (Å²) < 4.78 is 20.2. The molecule has 0 radical (unpaired) electrons. The van der Waals surface area contributed by atoms with Crippen LogP contribution in [0, 0.1) is 5.82 Å². The second-order valence-electron chi connectivity index (χ2n) is 7.93. The average Bonchev–Trinajstić information content (AvgIpc) is 2.49. The van der Waals surface area contributed by atoms with Crippen molar-refractivity contribution < 1.29 is 19.2 Å². The van der Waals surface area contributed by atoms with E-state index in [2.05, 4.69) is 16.8 Å². The zero-order chi connectivity index (χ0) is 18.8. The minimum atomic E-state index is -1.31. The first-order chi connectivity index (χ1) is 11.5. The Bertz CT molecular complexity index is 594. The van der Waals surface area contributed by atoms with Gasteiger partial charge in [0.2, 0.25) is 0 Å². The monoisotopic (exact) mass is 424 g/mol. The average molecular weight is 425 g/mol. The molecule has 1 fully saturated rings. The summed E-state index contributed by atoms with van der Waals surface area (Å²) >= 11 is 0. The lowest BCUT2D eigenvalue weighted by Gasteiger charge is -2.38. The Hall–Kier alpha value is -0.405. The fourth-order valence-electron chi connectivity index (χ4n) is 2.69. The number of rotatable bonds is 6. The van der Waals surface area contributed by atoms with Crippen molar-refractivity contribution in [3.05, 3.63) is 29.6 Å². The quantitative estimate of drug-likeness (QED) is 0.680. The Balaban J connectivity index is 0.00000338. The second kappa shape index (κ2) is 10.4. The number of aliphatic hydroxyl groups is 1. The predicted octanol–water partition coefficient (Wildman–Crippen LogP) is 1.67. The molecule has 0 aromatic heterocycles. The van der Waals surface area contributed by atoms with Gasteiger partial charge in [-0.15, -0.1) is 24.8 Å². The van der Waals surface area contributed by atoms with Crippen molar-refractivity contribution in [2.24, 2.45) is 0 Å². The molecule has 5 nitrogen and oxygen atoms in total. The highest BCUT2D eigenvalue weighted by atomic mass is 35.5. The number of hydrogen-bond acceptors (Lipinski definition) is 5. The summed E-state index contributed by atoms with van der Waals surface area (Å²) in [6, 6.07) is 4.66. The molecule has 2 N–H and O–H groups in total. The summed E-state index contributed by atoms with van der Waals surface area (Å²) in [6.45, 7) is 10.7. The Labute approximate surface area is 174 Å². The van der Waals surface area contributed by atoms with E-state index in [0.717, 1.165) is 26.2 Å². The van der Waals surface area contributed by atoms with E-state index in [-0.39, 0.29) is 30.6 Å². The van der Waals surface area contributed by atoms with Crippen molar-refractivity contribution in [2.75, 3.05) is 33.2 Å². The molecule has 1 aromatic rings. The van der Waals surface area contributed by atoms with Gasteiger partial charge in [0.05, 0.1) is 11.2 Å². The van der Waals surface area contributed by atoms with Crippen molar-refractivity contribution >= 4 is 37.4 Å².